The van der Waals surface area contributed by atoms with Crippen LogP contribution in [-0.2, 0) is 65.4 Å². The third kappa shape index (κ3) is 72.5. The lowest BCUT2D eigenvalue weighted by molar-refractivity contribution is -0.161. The lowest BCUT2D eigenvalue weighted by Gasteiger charge is -2.21. The highest BCUT2D eigenvalue weighted by Gasteiger charge is 2.30. The van der Waals surface area contributed by atoms with E-state index < -0.39 is 97.5 Å². The molecule has 19 heteroatoms. The maximum atomic E-state index is 13.1. The van der Waals surface area contributed by atoms with Crippen LogP contribution in [0.15, 0.2) is 182 Å². The van der Waals surface area contributed by atoms with Crippen LogP contribution >= 0.6 is 15.6 Å². The summed E-state index contributed by atoms with van der Waals surface area (Å²) in [7, 11) is -10.0. The number of carbonyl (C=O) groups is 4. The van der Waals surface area contributed by atoms with Crippen LogP contribution in [0.1, 0.15) is 259 Å². The summed E-state index contributed by atoms with van der Waals surface area (Å²) in [6, 6.07) is 0. The third-order valence-corrected chi connectivity index (χ3v) is 16.8. The Labute approximate surface area is 615 Å². The van der Waals surface area contributed by atoms with E-state index in [1.807, 2.05) is 30.4 Å². The van der Waals surface area contributed by atoms with Gasteiger partial charge in [-0.1, -0.05) is 293 Å². The summed E-state index contributed by atoms with van der Waals surface area (Å²) in [6.07, 6.45) is 88.1. The van der Waals surface area contributed by atoms with Crippen molar-refractivity contribution in [2.45, 2.75) is 277 Å². The quantitative estimate of drug-likeness (QED) is 0.0169. The van der Waals surface area contributed by atoms with E-state index in [1.165, 1.54) is 51.4 Å². The second kappa shape index (κ2) is 73.5. The number of aliphatic hydroxyl groups excluding tert-OH is 1. The number of rotatable bonds is 69. The van der Waals surface area contributed by atoms with Crippen LogP contribution in [0.4, 0.5) is 0 Å². The van der Waals surface area contributed by atoms with Crippen LogP contribution in [0.25, 0.3) is 0 Å². The number of ether oxygens (including phenoxy) is 4. The number of phosphoric acid groups is 2. The highest BCUT2D eigenvalue weighted by atomic mass is 31.2. The molecule has 17 nitrogen and oxygen atoms in total. The van der Waals surface area contributed by atoms with Crippen molar-refractivity contribution in [3.05, 3.63) is 182 Å². The summed E-state index contributed by atoms with van der Waals surface area (Å²) in [6.45, 7) is 4.23. The highest BCUT2D eigenvalue weighted by molar-refractivity contribution is 7.47. The van der Waals surface area contributed by atoms with Gasteiger partial charge in [-0.2, -0.15) is 0 Å². The van der Waals surface area contributed by atoms with Crippen molar-refractivity contribution in [3.8, 4) is 0 Å². The minimum atomic E-state index is -5.03. The van der Waals surface area contributed by atoms with E-state index >= 15 is 0 Å². The van der Waals surface area contributed by atoms with Gasteiger partial charge in [-0.05, 0) is 122 Å². The van der Waals surface area contributed by atoms with Crippen LogP contribution in [0, 0.1) is 0 Å². The van der Waals surface area contributed by atoms with Gasteiger partial charge in [0.15, 0.2) is 12.2 Å². The number of unbranched alkanes of at least 4 members (excludes halogenated alkanes) is 15. The molecule has 0 aromatic rings. The zero-order valence-electron chi connectivity index (χ0n) is 62.7. The molecule has 0 aromatic carbocycles. The van der Waals surface area contributed by atoms with Gasteiger partial charge in [0.25, 0.3) is 0 Å². The molecule has 0 aliphatic heterocycles. The molecule has 0 spiro atoms. The molecule has 0 radical (unpaired) electrons. The summed E-state index contributed by atoms with van der Waals surface area (Å²) in [5.74, 6) is -2.53. The van der Waals surface area contributed by atoms with Crippen molar-refractivity contribution in [3.63, 3.8) is 0 Å². The van der Waals surface area contributed by atoms with E-state index in [9.17, 15) is 43.2 Å². The number of aliphatic hydroxyl groups is 1. The van der Waals surface area contributed by atoms with Crippen molar-refractivity contribution < 1.29 is 80.2 Å². The molecule has 0 aliphatic carbocycles. The Balaban J connectivity index is 5.52. The average Bonchev–Trinajstić information content (AvgIpc) is 0.908. The van der Waals surface area contributed by atoms with Gasteiger partial charge in [0, 0.05) is 12.8 Å². The average molecular weight is 1460 g/mol. The summed E-state index contributed by atoms with van der Waals surface area (Å²) < 4.78 is 68.2. The van der Waals surface area contributed by atoms with Crippen molar-refractivity contribution in [1.29, 1.82) is 0 Å². The van der Waals surface area contributed by atoms with E-state index in [1.54, 1.807) is 18.2 Å². The molecule has 0 fully saturated rings. The number of esters is 4. The molecule has 102 heavy (non-hydrogen) atoms. The zero-order valence-corrected chi connectivity index (χ0v) is 64.5. The molecular weight excluding hydrogens is 1330 g/mol. The molecule has 0 rings (SSSR count). The molecule has 0 amide bonds. The topological polar surface area (TPSA) is 237 Å². The van der Waals surface area contributed by atoms with Crippen LogP contribution in [0.2, 0.25) is 0 Å². The fraction of sp³-hybridized carbons (Fsp3) is 0.590. The molecule has 0 heterocycles. The standard InChI is InChI=1S/C83H132O17P2/c1-5-9-13-17-21-25-29-33-36-37-38-39-42-45-48-52-56-60-64-68-81(86)94-73-78(99-82(87)69-65-61-57-53-49-43-32-28-24-20-16-12-8-4)75-97-101(89,90)95-71-77(84)72-96-102(91,92)98-76-79(100-83(88)70-66-62-58-54-50-46-41-35-31-27-23-19-15-11-7-3)74-93-80(85)67-63-59-55-51-47-44-40-34-30-26-22-18-14-10-6-2/h9-11,13-15,21-23,25-27,33-36,38-41,45,47-48,50-51,54,59,62-63,66,77-79,84H,5-8,12,16-20,24,28-32,37,42-44,46,49,52-53,55-58,60-61,64-65,67-76H2,1-4H3,(H,89,90)(H,91,92)/b13-9-,14-10-,15-11-,25-21-,26-22-,27-23-,36-33-,39-38-,40-34-,41-35-,48-45-,51-47-,54-50-,63-59-,66-62-. The molecule has 5 unspecified atom stereocenters. The van der Waals surface area contributed by atoms with E-state index in [4.69, 9.17) is 37.0 Å². The van der Waals surface area contributed by atoms with E-state index in [-0.39, 0.29) is 25.7 Å². The zero-order chi connectivity index (χ0) is 74.6. The number of phosphoric ester groups is 2. The van der Waals surface area contributed by atoms with E-state index in [0.29, 0.717) is 25.7 Å². The molecule has 576 valence electrons. The van der Waals surface area contributed by atoms with Crippen LogP contribution < -0.4 is 0 Å². The smallest absolute Gasteiger partial charge is 0.462 e. The first kappa shape index (κ1) is 96.2. The molecule has 0 bridgehead atoms. The number of carbonyl (C=O) groups excluding carboxylic acids is 4. The Morgan fingerprint density at radius 2 is 0.559 bits per heavy atom. The largest absolute Gasteiger partial charge is 0.472 e. The summed E-state index contributed by atoms with van der Waals surface area (Å²) in [4.78, 5) is 72.7. The Bertz CT molecular complexity index is 2650. The van der Waals surface area contributed by atoms with Gasteiger partial charge in [0.1, 0.15) is 19.3 Å². The lowest BCUT2D eigenvalue weighted by atomic mass is 10.0. The molecule has 0 saturated heterocycles. The third-order valence-electron chi connectivity index (χ3n) is 14.9. The van der Waals surface area contributed by atoms with Gasteiger partial charge in [0.05, 0.1) is 39.3 Å². The first-order valence-electron chi connectivity index (χ1n) is 38.0. The predicted molar refractivity (Wildman–Crippen MR) is 417 cm³/mol. The summed E-state index contributed by atoms with van der Waals surface area (Å²) in [5.41, 5.74) is 0. The number of allylic oxidation sites excluding steroid dienone is 28. The van der Waals surface area contributed by atoms with Gasteiger partial charge in [-0.15, -0.1) is 0 Å². The van der Waals surface area contributed by atoms with Crippen LogP contribution in [-0.4, -0.2) is 96.7 Å². The van der Waals surface area contributed by atoms with Gasteiger partial charge >= 0.3 is 39.5 Å². The van der Waals surface area contributed by atoms with Crippen molar-refractivity contribution >= 4 is 39.5 Å². The second-order valence-electron chi connectivity index (χ2n) is 24.5. The van der Waals surface area contributed by atoms with Crippen LogP contribution in [0.5, 0.6) is 0 Å². The van der Waals surface area contributed by atoms with Crippen LogP contribution in [0.3, 0.4) is 0 Å². The van der Waals surface area contributed by atoms with Crippen molar-refractivity contribution in [2.75, 3.05) is 39.6 Å². The fourth-order valence-corrected chi connectivity index (χ4v) is 10.9. The molecule has 0 aromatic heterocycles. The first-order valence-corrected chi connectivity index (χ1v) is 41.0. The Morgan fingerprint density at radius 3 is 0.912 bits per heavy atom. The first-order chi connectivity index (χ1) is 49.7. The van der Waals surface area contributed by atoms with Gasteiger partial charge < -0.3 is 33.8 Å². The van der Waals surface area contributed by atoms with E-state index in [0.717, 1.165) is 128 Å². The Morgan fingerprint density at radius 1 is 0.294 bits per heavy atom. The Kier molecular flexibility index (Phi) is 69.3. The summed E-state index contributed by atoms with van der Waals surface area (Å²) >= 11 is 0. The minimum absolute atomic E-state index is 0.0789. The molecule has 0 saturated carbocycles. The fourth-order valence-electron chi connectivity index (χ4n) is 9.28. The Hall–Kier alpha value is -5.84. The van der Waals surface area contributed by atoms with Gasteiger partial charge in [-0.3, -0.25) is 37.3 Å². The molecule has 0 aliphatic rings. The van der Waals surface area contributed by atoms with Crippen molar-refractivity contribution in [2.24, 2.45) is 0 Å². The molecule has 3 N–H and O–H groups in total. The minimum Gasteiger partial charge on any atom is -0.462 e. The second-order valence-corrected chi connectivity index (χ2v) is 27.4. The van der Waals surface area contributed by atoms with Gasteiger partial charge in [-0.25, -0.2) is 9.13 Å². The molecule has 5 atom stereocenters. The summed E-state index contributed by atoms with van der Waals surface area (Å²) in [5, 5.41) is 10.6. The van der Waals surface area contributed by atoms with Crippen molar-refractivity contribution in [1.82, 2.24) is 0 Å². The predicted octanol–water partition coefficient (Wildman–Crippen LogP) is 22.0. The SMILES string of the molecule is CC/C=C\C/C=C\C/C=C\C/C=C\C/C=C\CCCCCC(=O)OCC(COP(=O)(O)OCC(O)COP(=O)(O)OCC(COC(=O)C/C=C\C/C=C\C/C=C\C/C=C\C/C=C\CC)OC(=O)C/C=C\C/C=C\C/C=C\C/C=C\C/C=C\CC)OC(=O)CCCCCCCCCCCCCCC. The highest BCUT2D eigenvalue weighted by Crippen LogP contribution is 2.45. The molecular formula is C83H132O17P2. The van der Waals surface area contributed by atoms with Gasteiger partial charge in [0.2, 0.25) is 0 Å². The normalized spacial score (nSPS) is 14.9. The van der Waals surface area contributed by atoms with E-state index in [2.05, 4.69) is 161 Å². The lowest BCUT2D eigenvalue weighted by Crippen LogP contribution is -2.30. The monoisotopic (exact) mass is 1460 g/mol. The number of hydrogen-bond donors (Lipinski definition) is 3. The maximum Gasteiger partial charge on any atom is 0.472 e. The maximum absolute atomic E-state index is 13.1. The number of hydrogen-bond acceptors (Lipinski definition) is 15.